The summed E-state index contributed by atoms with van der Waals surface area (Å²) in [7, 11) is -9.91. The minimum absolute atomic E-state index is 0.103. The molecular formula is C74H144O17P2. The van der Waals surface area contributed by atoms with Crippen LogP contribution in [-0.4, -0.2) is 96.7 Å². The molecule has 552 valence electrons. The second-order valence-corrected chi connectivity index (χ2v) is 31.3. The first kappa shape index (κ1) is 91.1. The molecule has 0 saturated heterocycles. The molecule has 0 rings (SSSR count). The van der Waals surface area contributed by atoms with Gasteiger partial charge in [-0.2, -0.15) is 0 Å². The number of carbonyl (C=O) groups is 4. The first-order valence-corrected chi connectivity index (χ1v) is 41.2. The molecule has 17 nitrogen and oxygen atoms in total. The highest BCUT2D eigenvalue weighted by Gasteiger charge is 2.30. The molecule has 0 aromatic carbocycles. The molecule has 0 aromatic rings. The summed E-state index contributed by atoms with van der Waals surface area (Å²) in [5.74, 6) is 0.913. The first-order chi connectivity index (χ1) is 44.6. The minimum Gasteiger partial charge on any atom is -0.462 e. The monoisotopic (exact) mass is 1370 g/mol. The maximum atomic E-state index is 13.1. The molecule has 0 aliphatic heterocycles. The van der Waals surface area contributed by atoms with Gasteiger partial charge in [0, 0.05) is 25.7 Å². The zero-order chi connectivity index (χ0) is 68.9. The van der Waals surface area contributed by atoms with Crippen LogP contribution in [-0.2, 0) is 65.4 Å². The van der Waals surface area contributed by atoms with Gasteiger partial charge < -0.3 is 33.8 Å². The molecule has 0 radical (unpaired) electrons. The summed E-state index contributed by atoms with van der Waals surface area (Å²) >= 11 is 0. The molecule has 0 fully saturated rings. The highest BCUT2D eigenvalue weighted by molar-refractivity contribution is 7.47. The molecule has 93 heavy (non-hydrogen) atoms. The Morgan fingerprint density at radius 2 is 0.516 bits per heavy atom. The second kappa shape index (κ2) is 63.5. The molecule has 0 spiro atoms. The Balaban J connectivity index is 5.23. The van der Waals surface area contributed by atoms with Crippen LogP contribution in [0.15, 0.2) is 0 Å². The zero-order valence-electron chi connectivity index (χ0n) is 60.9. The van der Waals surface area contributed by atoms with Crippen LogP contribution in [0.4, 0.5) is 0 Å². The molecule has 6 atom stereocenters. The van der Waals surface area contributed by atoms with Crippen molar-refractivity contribution in [1.82, 2.24) is 0 Å². The first-order valence-electron chi connectivity index (χ1n) is 38.2. The third-order valence-electron chi connectivity index (χ3n) is 17.4. The smallest absolute Gasteiger partial charge is 0.462 e. The number of aliphatic hydroxyl groups is 1. The molecule has 3 N–H and O–H groups in total. The molecule has 0 bridgehead atoms. The van der Waals surface area contributed by atoms with Crippen LogP contribution >= 0.6 is 15.6 Å². The van der Waals surface area contributed by atoms with Gasteiger partial charge in [-0.3, -0.25) is 37.3 Å². The van der Waals surface area contributed by atoms with Gasteiger partial charge in [0.1, 0.15) is 19.3 Å². The molecule has 19 heteroatoms. The maximum Gasteiger partial charge on any atom is 0.472 e. The zero-order valence-corrected chi connectivity index (χ0v) is 62.7. The third-order valence-corrected chi connectivity index (χ3v) is 19.3. The summed E-state index contributed by atoms with van der Waals surface area (Å²) < 4.78 is 68.4. The largest absolute Gasteiger partial charge is 0.472 e. The fourth-order valence-corrected chi connectivity index (χ4v) is 12.7. The fourth-order valence-electron chi connectivity index (χ4n) is 11.2. The van der Waals surface area contributed by atoms with Crippen molar-refractivity contribution in [2.24, 2.45) is 23.7 Å². The van der Waals surface area contributed by atoms with Gasteiger partial charge in [0.25, 0.3) is 0 Å². The number of phosphoric ester groups is 2. The molecule has 4 unspecified atom stereocenters. The SMILES string of the molecule is CCC(C)CCCCCCCCCCCCCCCCC(=O)OC[C@H](COP(=O)(O)OCC(O)COP(=O)(O)OC[C@@H](COC(=O)CCCCCCCCCC(C)C)OC(=O)CCCCCCCCCCC(C)C)OC(=O)CCCCCCCCCCCCCC(C)C. The van der Waals surface area contributed by atoms with E-state index in [1.165, 1.54) is 167 Å². The topological polar surface area (TPSA) is 237 Å². The van der Waals surface area contributed by atoms with Crippen molar-refractivity contribution >= 4 is 39.5 Å². The number of hydrogen-bond donors (Lipinski definition) is 3. The van der Waals surface area contributed by atoms with Gasteiger partial charge in [0.15, 0.2) is 12.2 Å². The Morgan fingerprint density at radius 1 is 0.301 bits per heavy atom. The molecular weight excluding hydrogens is 1220 g/mol. The molecule has 0 aliphatic rings. The summed E-state index contributed by atoms with van der Waals surface area (Å²) in [6, 6.07) is 0. The average molecular weight is 1370 g/mol. The standard InChI is InChI=1S/C74H144O17P2/c1-9-67(8)53-45-37-29-20-16-12-10-11-13-17-21-30-38-46-54-71(76)84-60-69(90-73(78)56-48-40-31-22-18-14-15-19-26-34-42-50-64(2)3)62-88-92(80,81)86-58-68(75)59-87-93(82,83)89-63-70(61-85-72(77)55-47-39-33-25-28-36-44-52-66(6)7)91-74(79)57-49-41-32-24-23-27-35-43-51-65(4)5/h64-70,75H,9-63H2,1-8H3,(H,80,81)(H,82,83)/t67?,68?,69-,70-/m1/s1. The Kier molecular flexibility index (Phi) is 62.2. The van der Waals surface area contributed by atoms with E-state index in [1.54, 1.807) is 0 Å². The van der Waals surface area contributed by atoms with Crippen molar-refractivity contribution in [3.05, 3.63) is 0 Å². The lowest BCUT2D eigenvalue weighted by molar-refractivity contribution is -0.161. The van der Waals surface area contributed by atoms with E-state index in [1.807, 2.05) is 0 Å². The summed E-state index contributed by atoms with van der Waals surface area (Å²) in [5, 5.41) is 10.6. The number of unbranched alkanes of at least 4 members (excludes halogenated alkanes) is 36. The van der Waals surface area contributed by atoms with Crippen LogP contribution in [0.2, 0.25) is 0 Å². The van der Waals surface area contributed by atoms with E-state index in [0.29, 0.717) is 31.6 Å². The highest BCUT2D eigenvalue weighted by Crippen LogP contribution is 2.45. The summed E-state index contributed by atoms with van der Waals surface area (Å²) in [6.45, 7) is 14.1. The predicted molar refractivity (Wildman–Crippen MR) is 377 cm³/mol. The van der Waals surface area contributed by atoms with Crippen molar-refractivity contribution in [1.29, 1.82) is 0 Å². The Hall–Kier alpha value is -1.94. The van der Waals surface area contributed by atoms with Gasteiger partial charge in [-0.15, -0.1) is 0 Å². The lowest BCUT2D eigenvalue weighted by atomic mass is 9.99. The van der Waals surface area contributed by atoms with Crippen molar-refractivity contribution in [2.75, 3.05) is 39.6 Å². The van der Waals surface area contributed by atoms with E-state index in [2.05, 4.69) is 55.4 Å². The quantitative estimate of drug-likeness (QED) is 0.0222. The predicted octanol–water partition coefficient (Wildman–Crippen LogP) is 21.3. The number of carbonyl (C=O) groups excluding carboxylic acids is 4. The van der Waals surface area contributed by atoms with Gasteiger partial charge in [-0.25, -0.2) is 9.13 Å². The normalized spacial score (nSPS) is 14.5. The molecule has 0 aliphatic carbocycles. The summed E-state index contributed by atoms with van der Waals surface area (Å²) in [4.78, 5) is 72.7. The summed E-state index contributed by atoms with van der Waals surface area (Å²) in [5.41, 5.74) is 0. The van der Waals surface area contributed by atoms with Crippen LogP contribution in [0.5, 0.6) is 0 Å². The summed E-state index contributed by atoms with van der Waals surface area (Å²) in [6.07, 6.45) is 47.3. The number of aliphatic hydroxyl groups excluding tert-OH is 1. The Labute approximate surface area is 568 Å². The number of ether oxygens (including phenoxy) is 4. The third kappa shape index (κ3) is 67.0. The number of esters is 4. The molecule has 0 saturated carbocycles. The van der Waals surface area contributed by atoms with E-state index in [4.69, 9.17) is 37.0 Å². The fraction of sp³-hybridized carbons (Fsp3) is 0.946. The lowest BCUT2D eigenvalue weighted by Gasteiger charge is -2.21. The van der Waals surface area contributed by atoms with Crippen LogP contribution < -0.4 is 0 Å². The van der Waals surface area contributed by atoms with Crippen molar-refractivity contribution in [2.45, 2.75) is 388 Å². The van der Waals surface area contributed by atoms with Gasteiger partial charge in [0.2, 0.25) is 0 Å². The number of phosphoric acid groups is 2. The van der Waals surface area contributed by atoms with E-state index >= 15 is 0 Å². The molecule has 0 heterocycles. The van der Waals surface area contributed by atoms with Crippen LogP contribution in [0.25, 0.3) is 0 Å². The van der Waals surface area contributed by atoms with Crippen LogP contribution in [0.3, 0.4) is 0 Å². The Morgan fingerprint density at radius 3 is 0.763 bits per heavy atom. The average Bonchev–Trinajstić information content (AvgIpc) is 2.44. The van der Waals surface area contributed by atoms with Crippen molar-refractivity contribution < 1.29 is 80.2 Å². The van der Waals surface area contributed by atoms with Gasteiger partial charge >= 0.3 is 39.5 Å². The van der Waals surface area contributed by atoms with Crippen molar-refractivity contribution in [3.63, 3.8) is 0 Å². The van der Waals surface area contributed by atoms with Gasteiger partial charge in [-0.1, -0.05) is 319 Å². The number of hydrogen-bond acceptors (Lipinski definition) is 15. The van der Waals surface area contributed by atoms with E-state index in [-0.39, 0.29) is 25.7 Å². The van der Waals surface area contributed by atoms with Gasteiger partial charge in [-0.05, 0) is 49.4 Å². The second-order valence-electron chi connectivity index (χ2n) is 28.4. The minimum atomic E-state index is -4.96. The number of rotatable bonds is 71. The van der Waals surface area contributed by atoms with E-state index in [0.717, 1.165) is 114 Å². The Bertz CT molecular complexity index is 1840. The molecule has 0 amide bonds. The van der Waals surface area contributed by atoms with E-state index in [9.17, 15) is 43.2 Å². The van der Waals surface area contributed by atoms with Crippen LogP contribution in [0.1, 0.15) is 370 Å². The van der Waals surface area contributed by atoms with Gasteiger partial charge in [0.05, 0.1) is 26.4 Å². The van der Waals surface area contributed by atoms with Crippen LogP contribution in [0, 0.1) is 23.7 Å². The van der Waals surface area contributed by atoms with Crippen molar-refractivity contribution in [3.8, 4) is 0 Å². The van der Waals surface area contributed by atoms with E-state index < -0.39 is 97.5 Å². The highest BCUT2D eigenvalue weighted by atomic mass is 31.2. The molecule has 0 aromatic heterocycles. The lowest BCUT2D eigenvalue weighted by Crippen LogP contribution is -2.30. The maximum absolute atomic E-state index is 13.1.